The van der Waals surface area contributed by atoms with Gasteiger partial charge in [-0.25, -0.2) is 0 Å². The van der Waals surface area contributed by atoms with E-state index in [1.165, 1.54) is 11.1 Å². The molecule has 1 atom stereocenters. The fraction of sp³-hybridized carbons (Fsp3) is 0.375. The summed E-state index contributed by atoms with van der Waals surface area (Å²) in [6.45, 7) is 6.36. The third kappa shape index (κ3) is 3.25. The average Bonchev–Trinajstić information content (AvgIpc) is 2.83. The Bertz CT molecular complexity index is 514. The molecule has 102 valence electrons. The fourth-order valence-electron chi connectivity index (χ4n) is 2.29. The van der Waals surface area contributed by atoms with Crippen molar-refractivity contribution in [1.29, 1.82) is 0 Å². The van der Waals surface area contributed by atoms with Crippen LogP contribution in [0.3, 0.4) is 0 Å². The molecule has 0 saturated carbocycles. The van der Waals surface area contributed by atoms with Crippen LogP contribution >= 0.6 is 0 Å². The van der Waals surface area contributed by atoms with Crippen LogP contribution in [0.25, 0.3) is 0 Å². The summed E-state index contributed by atoms with van der Waals surface area (Å²) in [6.07, 6.45) is 2.56. The molecular weight excluding hydrogens is 236 g/mol. The lowest BCUT2D eigenvalue weighted by molar-refractivity contribution is 0.502. The molecule has 0 fully saturated rings. The highest BCUT2D eigenvalue weighted by Gasteiger charge is 2.15. The van der Waals surface area contributed by atoms with Crippen molar-refractivity contribution in [2.75, 3.05) is 0 Å². The Kier molecular flexibility index (Phi) is 4.40. The molecule has 0 amide bonds. The van der Waals surface area contributed by atoms with Gasteiger partial charge in [0.05, 0.1) is 12.3 Å². The first-order valence-corrected chi connectivity index (χ1v) is 6.70. The van der Waals surface area contributed by atoms with Crippen molar-refractivity contribution >= 4 is 0 Å². The summed E-state index contributed by atoms with van der Waals surface area (Å²) in [5, 5.41) is 0. The third-order valence-electron chi connectivity index (χ3n) is 3.56. The number of rotatable bonds is 5. The first-order chi connectivity index (χ1) is 9.11. The van der Waals surface area contributed by atoms with Gasteiger partial charge >= 0.3 is 0 Å². The highest BCUT2D eigenvalue weighted by Crippen LogP contribution is 2.23. The lowest BCUT2D eigenvalue weighted by atomic mass is 9.96. The van der Waals surface area contributed by atoms with E-state index in [9.17, 15) is 0 Å². The van der Waals surface area contributed by atoms with Gasteiger partial charge in [0.2, 0.25) is 0 Å². The van der Waals surface area contributed by atoms with E-state index in [2.05, 4.69) is 43.5 Å². The quantitative estimate of drug-likeness (QED) is 0.638. The number of furan rings is 1. The second-order valence-electron chi connectivity index (χ2n) is 5.25. The Balaban J connectivity index is 2.13. The van der Waals surface area contributed by atoms with Crippen molar-refractivity contribution in [3.05, 3.63) is 59.0 Å². The highest BCUT2D eigenvalue weighted by atomic mass is 16.3. The maximum absolute atomic E-state index is 5.67. The topological polar surface area (TPSA) is 51.2 Å². The molecule has 1 aromatic carbocycles. The van der Waals surface area contributed by atoms with Crippen molar-refractivity contribution in [3.8, 4) is 0 Å². The summed E-state index contributed by atoms with van der Waals surface area (Å²) < 4.78 is 5.34. The van der Waals surface area contributed by atoms with Crippen molar-refractivity contribution in [2.45, 2.75) is 39.2 Å². The second kappa shape index (κ2) is 6.04. The van der Waals surface area contributed by atoms with E-state index in [1.807, 2.05) is 13.0 Å². The van der Waals surface area contributed by atoms with Crippen LogP contribution in [0.1, 0.15) is 48.3 Å². The van der Waals surface area contributed by atoms with E-state index in [1.54, 1.807) is 6.26 Å². The van der Waals surface area contributed by atoms with E-state index in [-0.39, 0.29) is 6.04 Å². The molecule has 19 heavy (non-hydrogen) atoms. The largest absolute Gasteiger partial charge is 0.469 e. The van der Waals surface area contributed by atoms with E-state index in [0.29, 0.717) is 5.92 Å². The van der Waals surface area contributed by atoms with Gasteiger partial charge in [-0.15, -0.1) is 0 Å². The van der Waals surface area contributed by atoms with Crippen LogP contribution in [0.2, 0.25) is 0 Å². The number of hydrogen-bond acceptors (Lipinski definition) is 3. The van der Waals surface area contributed by atoms with Crippen molar-refractivity contribution in [1.82, 2.24) is 5.43 Å². The predicted octanol–water partition coefficient (Wildman–Crippen LogP) is 3.46. The van der Waals surface area contributed by atoms with Crippen LogP contribution in [0.15, 0.2) is 41.0 Å². The molecule has 0 aliphatic rings. The molecule has 0 aliphatic carbocycles. The summed E-state index contributed by atoms with van der Waals surface area (Å²) in [4.78, 5) is 0. The summed E-state index contributed by atoms with van der Waals surface area (Å²) >= 11 is 0. The van der Waals surface area contributed by atoms with Gasteiger partial charge in [0.15, 0.2) is 0 Å². The summed E-state index contributed by atoms with van der Waals surface area (Å²) in [7, 11) is 0. The van der Waals surface area contributed by atoms with Crippen LogP contribution in [-0.4, -0.2) is 0 Å². The third-order valence-corrected chi connectivity index (χ3v) is 3.56. The maximum atomic E-state index is 5.67. The van der Waals surface area contributed by atoms with Gasteiger partial charge in [-0.2, -0.15) is 0 Å². The van der Waals surface area contributed by atoms with Crippen molar-refractivity contribution in [3.63, 3.8) is 0 Å². The molecule has 3 nitrogen and oxygen atoms in total. The van der Waals surface area contributed by atoms with Gasteiger partial charge in [0, 0.05) is 5.56 Å². The standard InChI is InChI=1S/C16H22N2O/c1-11(2)14-6-4-13(5-7-14)10-16(18-17)15-8-9-19-12(15)3/h4-9,11,16,18H,10,17H2,1-3H3. The van der Waals surface area contributed by atoms with Crippen LogP contribution in [0.4, 0.5) is 0 Å². The van der Waals surface area contributed by atoms with Crippen molar-refractivity contribution < 1.29 is 4.42 Å². The molecule has 0 aliphatic heterocycles. The lowest BCUT2D eigenvalue weighted by Gasteiger charge is -2.16. The summed E-state index contributed by atoms with van der Waals surface area (Å²) in [5.41, 5.74) is 6.62. The Hall–Kier alpha value is -1.58. The second-order valence-corrected chi connectivity index (χ2v) is 5.25. The van der Waals surface area contributed by atoms with E-state index in [4.69, 9.17) is 10.3 Å². The first kappa shape index (κ1) is 13.8. The maximum Gasteiger partial charge on any atom is 0.105 e. The Morgan fingerprint density at radius 2 is 1.84 bits per heavy atom. The minimum Gasteiger partial charge on any atom is -0.469 e. The molecule has 1 aromatic heterocycles. The number of nitrogens with one attached hydrogen (secondary N) is 1. The molecular formula is C16H22N2O. The van der Waals surface area contributed by atoms with Gasteiger partial charge in [0.25, 0.3) is 0 Å². The van der Waals surface area contributed by atoms with Crippen LogP contribution < -0.4 is 11.3 Å². The number of hydrogen-bond donors (Lipinski definition) is 2. The van der Waals surface area contributed by atoms with Crippen LogP contribution in [-0.2, 0) is 6.42 Å². The molecule has 1 heterocycles. The zero-order chi connectivity index (χ0) is 13.8. The smallest absolute Gasteiger partial charge is 0.105 e. The lowest BCUT2D eigenvalue weighted by Crippen LogP contribution is -2.29. The van der Waals surface area contributed by atoms with E-state index in [0.717, 1.165) is 17.7 Å². The Labute approximate surface area is 114 Å². The van der Waals surface area contributed by atoms with E-state index >= 15 is 0 Å². The number of benzene rings is 1. The first-order valence-electron chi connectivity index (χ1n) is 6.70. The molecule has 0 radical (unpaired) electrons. The normalized spacial score (nSPS) is 12.9. The molecule has 0 spiro atoms. The van der Waals surface area contributed by atoms with Crippen LogP contribution in [0.5, 0.6) is 0 Å². The molecule has 3 heteroatoms. The predicted molar refractivity (Wildman–Crippen MR) is 77.7 cm³/mol. The summed E-state index contributed by atoms with van der Waals surface area (Å²) in [6, 6.07) is 10.8. The molecule has 2 aromatic rings. The number of nitrogens with two attached hydrogens (primary N) is 1. The zero-order valence-corrected chi connectivity index (χ0v) is 11.8. The van der Waals surface area contributed by atoms with Gasteiger partial charge in [-0.3, -0.25) is 11.3 Å². The van der Waals surface area contributed by atoms with Gasteiger partial charge in [-0.05, 0) is 36.5 Å². The molecule has 0 saturated heterocycles. The summed E-state index contributed by atoms with van der Waals surface area (Å²) in [5.74, 6) is 7.15. The monoisotopic (exact) mass is 258 g/mol. The fourth-order valence-corrected chi connectivity index (χ4v) is 2.29. The number of hydrazine groups is 1. The molecule has 3 N–H and O–H groups in total. The van der Waals surface area contributed by atoms with Gasteiger partial charge in [-0.1, -0.05) is 38.1 Å². The highest BCUT2D eigenvalue weighted by molar-refractivity contribution is 5.28. The minimum absolute atomic E-state index is 0.0867. The van der Waals surface area contributed by atoms with Gasteiger partial charge < -0.3 is 4.42 Å². The Morgan fingerprint density at radius 3 is 2.32 bits per heavy atom. The van der Waals surface area contributed by atoms with Crippen LogP contribution in [0, 0.1) is 6.92 Å². The molecule has 1 unspecified atom stereocenters. The number of aryl methyl sites for hydroxylation is 1. The SMILES string of the molecule is Cc1occc1C(Cc1ccc(C(C)C)cc1)NN. The minimum atomic E-state index is 0.0867. The zero-order valence-electron chi connectivity index (χ0n) is 11.8. The Morgan fingerprint density at radius 1 is 1.16 bits per heavy atom. The molecule has 0 bridgehead atoms. The van der Waals surface area contributed by atoms with Crippen molar-refractivity contribution in [2.24, 2.45) is 5.84 Å². The van der Waals surface area contributed by atoms with E-state index < -0.39 is 0 Å². The average molecular weight is 258 g/mol. The molecule has 2 rings (SSSR count). The van der Waals surface area contributed by atoms with Gasteiger partial charge in [0.1, 0.15) is 5.76 Å².